The molecule has 1 heteroatoms. The minimum atomic E-state index is 0.274. The topological polar surface area (TPSA) is 17.1 Å². The molecule has 1 rings (SSSR count). The van der Waals surface area contributed by atoms with Crippen LogP contribution in [0.3, 0.4) is 0 Å². The van der Waals surface area contributed by atoms with Crippen LogP contribution in [0, 0.1) is 5.41 Å². The van der Waals surface area contributed by atoms with Crippen molar-refractivity contribution in [3.63, 3.8) is 0 Å². The molecule has 0 saturated carbocycles. The van der Waals surface area contributed by atoms with Gasteiger partial charge in [-0.1, -0.05) is 19.9 Å². The van der Waals surface area contributed by atoms with Crippen molar-refractivity contribution in [2.24, 2.45) is 5.41 Å². The van der Waals surface area contributed by atoms with Gasteiger partial charge in [0.25, 0.3) is 0 Å². The summed E-state index contributed by atoms with van der Waals surface area (Å²) in [7, 11) is 0. The van der Waals surface area contributed by atoms with Crippen molar-refractivity contribution in [2.45, 2.75) is 26.7 Å². The van der Waals surface area contributed by atoms with Crippen molar-refractivity contribution in [2.75, 3.05) is 0 Å². The van der Waals surface area contributed by atoms with Gasteiger partial charge in [0.05, 0.1) is 0 Å². The molecule has 0 radical (unpaired) electrons. The van der Waals surface area contributed by atoms with E-state index in [4.69, 9.17) is 0 Å². The van der Waals surface area contributed by atoms with Crippen LogP contribution in [-0.4, -0.2) is 6.29 Å². The van der Waals surface area contributed by atoms with Crippen LogP contribution in [0.5, 0.6) is 0 Å². The van der Waals surface area contributed by atoms with Gasteiger partial charge in [-0.25, -0.2) is 0 Å². The van der Waals surface area contributed by atoms with Gasteiger partial charge in [0.15, 0.2) is 0 Å². The first kappa shape index (κ1) is 6.53. The molecule has 0 bridgehead atoms. The minimum absolute atomic E-state index is 0.274. The zero-order valence-electron chi connectivity index (χ0n) is 5.98. The maximum Gasteiger partial charge on any atom is 0.145 e. The summed E-state index contributed by atoms with van der Waals surface area (Å²) in [6.45, 7) is 4.31. The summed E-state index contributed by atoms with van der Waals surface area (Å²) < 4.78 is 0. The van der Waals surface area contributed by atoms with Crippen molar-refractivity contribution in [1.29, 1.82) is 0 Å². The Kier molecular flexibility index (Phi) is 1.43. The monoisotopic (exact) mass is 124 g/mol. The summed E-state index contributed by atoms with van der Waals surface area (Å²) in [5, 5.41) is 0. The number of aldehydes is 1. The third-order valence-corrected chi connectivity index (χ3v) is 1.79. The zero-order chi connectivity index (χ0) is 6.91. The van der Waals surface area contributed by atoms with Gasteiger partial charge in [-0.2, -0.15) is 0 Å². The first-order chi connectivity index (χ1) is 4.14. The largest absolute Gasteiger partial charge is 0.298 e. The van der Waals surface area contributed by atoms with Crippen LogP contribution in [0.25, 0.3) is 0 Å². The Morgan fingerprint density at radius 2 is 2.33 bits per heavy atom. The molecule has 9 heavy (non-hydrogen) atoms. The summed E-state index contributed by atoms with van der Waals surface area (Å²) in [5.41, 5.74) is 1.25. The lowest BCUT2D eigenvalue weighted by molar-refractivity contribution is -0.105. The Morgan fingerprint density at radius 3 is 2.56 bits per heavy atom. The lowest BCUT2D eigenvalue weighted by Gasteiger charge is -2.11. The second-order valence-electron chi connectivity index (χ2n) is 3.33. The Hall–Kier alpha value is -0.590. The molecular formula is C8H12O. The number of carbonyl (C=O) groups excluding carboxylic acids is 1. The number of hydrogen-bond donors (Lipinski definition) is 0. The van der Waals surface area contributed by atoms with Crippen molar-refractivity contribution < 1.29 is 4.79 Å². The van der Waals surface area contributed by atoms with Gasteiger partial charge in [0.2, 0.25) is 0 Å². The van der Waals surface area contributed by atoms with Gasteiger partial charge in [0, 0.05) is 0 Å². The predicted octanol–water partition coefficient (Wildman–Crippen LogP) is 1.93. The standard InChI is InChI=1S/C8H12O/c1-8(2)4-3-7(5-8)6-9/h5-6H,3-4H2,1-2H3. The Morgan fingerprint density at radius 1 is 1.67 bits per heavy atom. The average molecular weight is 124 g/mol. The van der Waals surface area contributed by atoms with Gasteiger partial charge < -0.3 is 0 Å². The van der Waals surface area contributed by atoms with Crippen LogP contribution < -0.4 is 0 Å². The van der Waals surface area contributed by atoms with E-state index in [1.807, 2.05) is 0 Å². The highest BCUT2D eigenvalue weighted by molar-refractivity contribution is 5.74. The van der Waals surface area contributed by atoms with Gasteiger partial charge in [-0.15, -0.1) is 0 Å². The van der Waals surface area contributed by atoms with E-state index in [0.717, 1.165) is 24.7 Å². The maximum atomic E-state index is 10.2. The van der Waals surface area contributed by atoms with E-state index in [0.29, 0.717) is 0 Å². The van der Waals surface area contributed by atoms with Crippen molar-refractivity contribution in [3.8, 4) is 0 Å². The summed E-state index contributed by atoms with van der Waals surface area (Å²) in [6, 6.07) is 0. The molecule has 0 aromatic carbocycles. The number of rotatable bonds is 1. The van der Waals surface area contributed by atoms with Crippen LogP contribution in [0.1, 0.15) is 26.7 Å². The first-order valence-electron chi connectivity index (χ1n) is 3.31. The van der Waals surface area contributed by atoms with E-state index in [1.54, 1.807) is 0 Å². The lowest BCUT2D eigenvalue weighted by atomic mass is 9.94. The van der Waals surface area contributed by atoms with Gasteiger partial charge in [-0.05, 0) is 23.8 Å². The molecule has 0 aliphatic heterocycles. The fourth-order valence-electron chi connectivity index (χ4n) is 1.21. The molecule has 0 aromatic heterocycles. The summed E-state index contributed by atoms with van der Waals surface area (Å²) >= 11 is 0. The first-order valence-corrected chi connectivity index (χ1v) is 3.31. The zero-order valence-corrected chi connectivity index (χ0v) is 5.98. The molecule has 0 atom stereocenters. The molecule has 1 aliphatic carbocycles. The fraction of sp³-hybridized carbons (Fsp3) is 0.625. The van der Waals surface area contributed by atoms with Crippen LogP contribution in [0.2, 0.25) is 0 Å². The van der Waals surface area contributed by atoms with E-state index >= 15 is 0 Å². The molecule has 0 amide bonds. The van der Waals surface area contributed by atoms with Crippen molar-refractivity contribution in [1.82, 2.24) is 0 Å². The average Bonchev–Trinajstić information content (AvgIpc) is 2.10. The molecule has 0 spiro atoms. The van der Waals surface area contributed by atoms with Crippen molar-refractivity contribution >= 4 is 6.29 Å². The predicted molar refractivity (Wildman–Crippen MR) is 37.2 cm³/mol. The minimum Gasteiger partial charge on any atom is -0.298 e. The van der Waals surface area contributed by atoms with Crippen molar-refractivity contribution in [3.05, 3.63) is 11.6 Å². The van der Waals surface area contributed by atoms with E-state index in [1.165, 1.54) is 0 Å². The van der Waals surface area contributed by atoms with E-state index in [2.05, 4.69) is 19.9 Å². The summed E-state index contributed by atoms with van der Waals surface area (Å²) in [5.74, 6) is 0. The molecule has 50 valence electrons. The quantitative estimate of drug-likeness (QED) is 0.488. The van der Waals surface area contributed by atoms with Gasteiger partial charge in [-0.3, -0.25) is 4.79 Å². The van der Waals surface area contributed by atoms with Crippen LogP contribution >= 0.6 is 0 Å². The molecule has 0 fully saturated rings. The Balaban J connectivity index is 2.71. The number of carbonyl (C=O) groups is 1. The van der Waals surface area contributed by atoms with Crippen LogP contribution in [0.4, 0.5) is 0 Å². The van der Waals surface area contributed by atoms with Gasteiger partial charge >= 0.3 is 0 Å². The highest BCUT2D eigenvalue weighted by atomic mass is 16.1. The normalized spacial score (nSPS) is 23.6. The van der Waals surface area contributed by atoms with Crippen LogP contribution in [-0.2, 0) is 4.79 Å². The Bertz CT molecular complexity index is 154. The molecule has 1 aliphatic rings. The fourth-order valence-corrected chi connectivity index (χ4v) is 1.21. The lowest BCUT2D eigenvalue weighted by Crippen LogP contribution is -2.00. The summed E-state index contributed by atoms with van der Waals surface area (Å²) in [4.78, 5) is 10.2. The summed E-state index contributed by atoms with van der Waals surface area (Å²) in [6.07, 6.45) is 5.13. The molecule has 0 aromatic rings. The van der Waals surface area contributed by atoms with E-state index in [9.17, 15) is 4.79 Å². The molecule has 0 unspecified atom stereocenters. The van der Waals surface area contributed by atoms with Crippen LogP contribution in [0.15, 0.2) is 11.6 Å². The Labute approximate surface area is 55.8 Å². The molecule has 0 heterocycles. The van der Waals surface area contributed by atoms with Gasteiger partial charge in [0.1, 0.15) is 6.29 Å². The maximum absolute atomic E-state index is 10.2. The second kappa shape index (κ2) is 1.98. The molecule has 0 N–H and O–H groups in total. The molecular weight excluding hydrogens is 112 g/mol. The number of allylic oxidation sites excluding steroid dienone is 2. The van der Waals surface area contributed by atoms with E-state index in [-0.39, 0.29) is 5.41 Å². The number of hydrogen-bond acceptors (Lipinski definition) is 1. The second-order valence-corrected chi connectivity index (χ2v) is 3.33. The third-order valence-electron chi connectivity index (χ3n) is 1.79. The SMILES string of the molecule is CC1(C)C=C(C=O)CC1. The highest BCUT2D eigenvalue weighted by Gasteiger charge is 2.21. The third kappa shape index (κ3) is 1.41. The highest BCUT2D eigenvalue weighted by Crippen LogP contribution is 2.33. The molecule has 0 saturated heterocycles. The van der Waals surface area contributed by atoms with E-state index < -0.39 is 0 Å². The smallest absolute Gasteiger partial charge is 0.145 e. The molecule has 1 nitrogen and oxygen atoms in total.